The number of nitrogens with zero attached hydrogens (tertiary/aromatic N) is 1. The first kappa shape index (κ1) is 20.6. The van der Waals surface area contributed by atoms with E-state index in [9.17, 15) is 14.4 Å². The zero-order valence-corrected chi connectivity index (χ0v) is 16.1. The van der Waals surface area contributed by atoms with Gasteiger partial charge in [0.1, 0.15) is 6.54 Å². The Kier molecular flexibility index (Phi) is 6.74. The highest BCUT2D eigenvalue weighted by molar-refractivity contribution is 5.94. The highest BCUT2D eigenvalue weighted by Gasteiger charge is 2.11. The van der Waals surface area contributed by atoms with Crippen LogP contribution in [0.5, 0.6) is 0 Å². The first-order valence-corrected chi connectivity index (χ1v) is 9.24. The third-order valence-electron chi connectivity index (χ3n) is 4.30. The van der Waals surface area contributed by atoms with Gasteiger partial charge >= 0.3 is 5.97 Å². The fraction of sp³-hybridized carbons (Fsp3) is 0.130. The molecule has 0 saturated carbocycles. The maximum absolute atomic E-state index is 12.2. The van der Waals surface area contributed by atoms with Crippen LogP contribution in [0.15, 0.2) is 66.7 Å². The van der Waals surface area contributed by atoms with Gasteiger partial charge in [-0.25, -0.2) is 0 Å². The Bertz CT molecular complexity index is 1130. The number of benzene rings is 3. The average Bonchev–Trinajstić information content (AvgIpc) is 2.76. The summed E-state index contributed by atoms with van der Waals surface area (Å²) in [4.78, 5) is 35.8. The van der Waals surface area contributed by atoms with Crippen LogP contribution >= 0.6 is 0 Å². The largest absolute Gasteiger partial charge is 0.454 e. The van der Waals surface area contributed by atoms with Crippen molar-refractivity contribution in [1.82, 2.24) is 5.32 Å². The first-order valence-electron chi connectivity index (χ1n) is 9.24. The number of hydrogen-bond donors (Lipinski definition) is 2. The topological polar surface area (TPSA) is 108 Å². The van der Waals surface area contributed by atoms with Crippen molar-refractivity contribution in [3.63, 3.8) is 0 Å². The van der Waals surface area contributed by atoms with Crippen molar-refractivity contribution in [2.45, 2.75) is 6.42 Å². The van der Waals surface area contributed by atoms with Crippen LogP contribution in [-0.4, -0.2) is 30.9 Å². The molecule has 3 rings (SSSR count). The minimum Gasteiger partial charge on any atom is -0.454 e. The van der Waals surface area contributed by atoms with Crippen LogP contribution in [-0.2, 0) is 25.5 Å². The van der Waals surface area contributed by atoms with Gasteiger partial charge in [-0.1, -0.05) is 48.5 Å². The van der Waals surface area contributed by atoms with Crippen molar-refractivity contribution in [2.75, 3.05) is 18.5 Å². The summed E-state index contributed by atoms with van der Waals surface area (Å²) in [7, 11) is 0. The summed E-state index contributed by atoms with van der Waals surface area (Å²) in [6.07, 6.45) is 0.129. The summed E-state index contributed by atoms with van der Waals surface area (Å²) in [6, 6.07) is 21.8. The monoisotopic (exact) mass is 401 g/mol. The maximum atomic E-state index is 12.2. The van der Waals surface area contributed by atoms with Gasteiger partial charge in [0.15, 0.2) is 6.61 Å². The fourth-order valence-electron chi connectivity index (χ4n) is 2.91. The highest BCUT2D eigenvalue weighted by atomic mass is 16.5. The zero-order chi connectivity index (χ0) is 21.3. The second-order valence-corrected chi connectivity index (χ2v) is 6.49. The first-order chi connectivity index (χ1) is 14.5. The minimum atomic E-state index is -0.720. The van der Waals surface area contributed by atoms with Crippen molar-refractivity contribution in [3.05, 3.63) is 77.9 Å². The maximum Gasteiger partial charge on any atom is 0.325 e. The minimum absolute atomic E-state index is 0.129. The van der Waals surface area contributed by atoms with Gasteiger partial charge in [-0.05, 0) is 34.5 Å². The molecule has 2 N–H and O–H groups in total. The van der Waals surface area contributed by atoms with Crippen LogP contribution in [0.25, 0.3) is 10.8 Å². The SMILES string of the molecule is N#Cc1cccc(NC(=O)COC(=O)CNC(=O)Cc2cccc3ccccc23)c1. The lowest BCUT2D eigenvalue weighted by Crippen LogP contribution is -2.33. The van der Waals surface area contributed by atoms with Crippen LogP contribution in [0.1, 0.15) is 11.1 Å². The number of ether oxygens (including phenoxy) is 1. The van der Waals surface area contributed by atoms with Crippen LogP contribution in [0.4, 0.5) is 5.69 Å². The summed E-state index contributed by atoms with van der Waals surface area (Å²) < 4.78 is 4.87. The number of nitriles is 1. The van der Waals surface area contributed by atoms with Crippen molar-refractivity contribution >= 4 is 34.2 Å². The summed E-state index contributed by atoms with van der Waals surface area (Å²) in [5.74, 6) is -1.58. The molecule has 0 fully saturated rings. The lowest BCUT2D eigenvalue weighted by Gasteiger charge is -2.09. The zero-order valence-electron chi connectivity index (χ0n) is 16.1. The van der Waals surface area contributed by atoms with Gasteiger partial charge < -0.3 is 15.4 Å². The van der Waals surface area contributed by atoms with E-state index in [1.807, 2.05) is 48.5 Å². The molecule has 0 aliphatic heterocycles. The number of carbonyl (C=O) groups is 3. The van der Waals surface area contributed by atoms with E-state index < -0.39 is 18.5 Å². The normalized spacial score (nSPS) is 10.1. The van der Waals surface area contributed by atoms with E-state index in [0.717, 1.165) is 16.3 Å². The molecule has 0 saturated heterocycles. The molecule has 3 aromatic carbocycles. The summed E-state index contributed by atoms with van der Waals surface area (Å²) in [5.41, 5.74) is 1.69. The van der Waals surface area contributed by atoms with E-state index in [1.54, 1.807) is 18.2 Å². The van der Waals surface area contributed by atoms with Crippen molar-refractivity contribution in [1.29, 1.82) is 5.26 Å². The molecule has 0 bridgehead atoms. The van der Waals surface area contributed by atoms with Gasteiger partial charge in [-0.15, -0.1) is 0 Å². The van der Waals surface area contributed by atoms with Gasteiger partial charge in [0.2, 0.25) is 5.91 Å². The Balaban J connectivity index is 1.43. The number of fused-ring (bicyclic) bond motifs is 1. The molecule has 0 spiro atoms. The molecule has 30 heavy (non-hydrogen) atoms. The van der Waals surface area contributed by atoms with Gasteiger partial charge in [0.05, 0.1) is 18.1 Å². The molecule has 0 aliphatic rings. The molecule has 0 aliphatic carbocycles. The molecular formula is C23H19N3O4. The molecule has 0 unspecified atom stereocenters. The summed E-state index contributed by atoms with van der Waals surface area (Å²) in [5, 5.41) is 15.9. The van der Waals surface area contributed by atoms with Crippen molar-refractivity contribution < 1.29 is 19.1 Å². The van der Waals surface area contributed by atoms with Crippen molar-refractivity contribution in [3.8, 4) is 6.07 Å². The number of hydrogen-bond acceptors (Lipinski definition) is 5. The Morgan fingerprint density at radius 1 is 0.933 bits per heavy atom. The van der Waals surface area contributed by atoms with E-state index in [-0.39, 0.29) is 18.9 Å². The summed E-state index contributed by atoms with van der Waals surface area (Å²) >= 11 is 0. The molecule has 150 valence electrons. The van der Waals surface area contributed by atoms with Crippen LogP contribution in [0.3, 0.4) is 0 Å². The Labute approximate surface area is 173 Å². The highest BCUT2D eigenvalue weighted by Crippen LogP contribution is 2.18. The number of rotatable bonds is 7. The lowest BCUT2D eigenvalue weighted by molar-refractivity contribution is -0.147. The third-order valence-corrected chi connectivity index (χ3v) is 4.30. The smallest absolute Gasteiger partial charge is 0.325 e. The Morgan fingerprint density at radius 3 is 2.53 bits per heavy atom. The van der Waals surface area contributed by atoms with Gasteiger partial charge in [-0.2, -0.15) is 5.26 Å². The lowest BCUT2D eigenvalue weighted by atomic mass is 10.0. The van der Waals surface area contributed by atoms with Gasteiger partial charge in [0, 0.05) is 5.69 Å². The van der Waals surface area contributed by atoms with E-state index >= 15 is 0 Å². The number of nitrogens with one attached hydrogen (secondary N) is 2. The van der Waals surface area contributed by atoms with Crippen molar-refractivity contribution in [2.24, 2.45) is 0 Å². The average molecular weight is 401 g/mol. The predicted molar refractivity (Wildman–Crippen MR) is 111 cm³/mol. The Morgan fingerprint density at radius 2 is 1.70 bits per heavy atom. The van der Waals surface area contributed by atoms with Crippen LogP contribution < -0.4 is 10.6 Å². The second kappa shape index (κ2) is 9.85. The number of amides is 2. The van der Waals surface area contributed by atoms with Crippen LogP contribution in [0, 0.1) is 11.3 Å². The molecule has 0 atom stereocenters. The Hall–Kier alpha value is -4.18. The van der Waals surface area contributed by atoms with Gasteiger partial charge in [0.25, 0.3) is 5.91 Å². The van der Waals surface area contributed by atoms with E-state index in [2.05, 4.69) is 10.6 Å². The molecule has 0 radical (unpaired) electrons. The summed E-state index contributed by atoms with van der Waals surface area (Å²) in [6.45, 7) is -0.824. The third kappa shape index (κ3) is 5.66. The number of carbonyl (C=O) groups excluding carboxylic acids is 3. The van der Waals surface area contributed by atoms with E-state index in [4.69, 9.17) is 10.00 Å². The van der Waals surface area contributed by atoms with E-state index in [0.29, 0.717) is 11.3 Å². The molecular weight excluding hydrogens is 382 g/mol. The van der Waals surface area contributed by atoms with Crippen LogP contribution in [0.2, 0.25) is 0 Å². The predicted octanol–water partition coefficient (Wildman–Crippen LogP) is 2.55. The number of anilines is 1. The van der Waals surface area contributed by atoms with Gasteiger partial charge in [-0.3, -0.25) is 14.4 Å². The molecule has 0 heterocycles. The number of esters is 1. The molecule has 7 nitrogen and oxygen atoms in total. The quantitative estimate of drug-likeness (QED) is 0.592. The van der Waals surface area contributed by atoms with E-state index in [1.165, 1.54) is 6.07 Å². The molecule has 3 aromatic rings. The standard InChI is InChI=1S/C23H19N3O4/c24-13-16-5-3-9-19(11-16)26-22(28)15-30-23(29)14-25-21(27)12-18-8-4-7-17-6-1-2-10-20(17)18/h1-11H,12,14-15H2,(H,25,27)(H,26,28). The fourth-order valence-corrected chi connectivity index (χ4v) is 2.91. The molecule has 7 heteroatoms. The molecule has 2 amide bonds. The molecule has 0 aromatic heterocycles. The second-order valence-electron chi connectivity index (χ2n) is 6.49.